The van der Waals surface area contributed by atoms with Crippen LogP contribution in [0, 0.1) is 5.92 Å². The van der Waals surface area contributed by atoms with Gasteiger partial charge in [-0.3, -0.25) is 4.68 Å². The van der Waals surface area contributed by atoms with E-state index in [0.29, 0.717) is 6.54 Å². The number of sulfonamides is 1. The Labute approximate surface area is 133 Å². The van der Waals surface area contributed by atoms with Crippen LogP contribution in [0.4, 0.5) is 8.78 Å². The average Bonchev–Trinajstić information content (AvgIpc) is 2.98. The van der Waals surface area contributed by atoms with E-state index >= 15 is 0 Å². The van der Waals surface area contributed by atoms with E-state index in [9.17, 15) is 17.2 Å². The minimum atomic E-state index is -3.95. The number of para-hydroxylation sites is 1. The molecule has 0 amide bonds. The SMILES string of the molecule is C[C@@H](CNS(=O)(=O)c1ccccc1OC(F)F)Cn1cccn1. The second-order valence-electron chi connectivity index (χ2n) is 5.01. The van der Waals surface area contributed by atoms with Crippen molar-refractivity contribution in [2.24, 2.45) is 5.92 Å². The van der Waals surface area contributed by atoms with Gasteiger partial charge in [-0.1, -0.05) is 19.1 Å². The first kappa shape index (κ1) is 17.4. The highest BCUT2D eigenvalue weighted by Crippen LogP contribution is 2.24. The maximum Gasteiger partial charge on any atom is 0.387 e. The molecule has 1 atom stereocenters. The molecule has 23 heavy (non-hydrogen) atoms. The van der Waals surface area contributed by atoms with Crippen LogP contribution in [0.2, 0.25) is 0 Å². The molecule has 0 aliphatic carbocycles. The Morgan fingerprint density at radius 2 is 2.04 bits per heavy atom. The van der Waals surface area contributed by atoms with E-state index in [2.05, 4.69) is 14.6 Å². The molecule has 1 aromatic heterocycles. The van der Waals surface area contributed by atoms with Gasteiger partial charge in [0.2, 0.25) is 10.0 Å². The molecule has 2 aromatic rings. The quantitative estimate of drug-likeness (QED) is 0.795. The molecule has 1 aromatic carbocycles. The van der Waals surface area contributed by atoms with Gasteiger partial charge in [0.05, 0.1) is 0 Å². The number of ether oxygens (including phenoxy) is 1. The van der Waals surface area contributed by atoms with Gasteiger partial charge in [-0.05, 0) is 24.1 Å². The second-order valence-corrected chi connectivity index (χ2v) is 6.75. The maximum absolute atomic E-state index is 12.4. The summed E-state index contributed by atoms with van der Waals surface area (Å²) in [4.78, 5) is -0.313. The highest BCUT2D eigenvalue weighted by Gasteiger charge is 2.21. The Morgan fingerprint density at radius 3 is 2.70 bits per heavy atom. The van der Waals surface area contributed by atoms with Crippen LogP contribution < -0.4 is 9.46 Å². The molecule has 0 spiro atoms. The summed E-state index contributed by atoms with van der Waals surface area (Å²) < 4.78 is 57.7. The first-order valence-electron chi connectivity index (χ1n) is 6.89. The van der Waals surface area contributed by atoms with Gasteiger partial charge >= 0.3 is 6.61 Å². The van der Waals surface area contributed by atoms with Gasteiger partial charge in [-0.15, -0.1) is 0 Å². The van der Waals surface area contributed by atoms with E-state index in [4.69, 9.17) is 0 Å². The molecule has 9 heteroatoms. The van der Waals surface area contributed by atoms with Crippen LogP contribution >= 0.6 is 0 Å². The van der Waals surface area contributed by atoms with Gasteiger partial charge in [0.15, 0.2) is 0 Å². The lowest BCUT2D eigenvalue weighted by Gasteiger charge is -2.15. The summed E-state index contributed by atoms with van der Waals surface area (Å²) in [6, 6.07) is 7.05. The van der Waals surface area contributed by atoms with Crippen LogP contribution in [-0.4, -0.2) is 31.4 Å². The van der Waals surface area contributed by atoms with Gasteiger partial charge < -0.3 is 4.74 Å². The molecule has 0 saturated heterocycles. The predicted molar refractivity (Wildman–Crippen MR) is 79.7 cm³/mol. The molecule has 0 radical (unpaired) electrons. The van der Waals surface area contributed by atoms with Crippen molar-refractivity contribution in [3.63, 3.8) is 0 Å². The molecule has 6 nitrogen and oxygen atoms in total. The molecule has 1 heterocycles. The molecule has 0 fully saturated rings. The summed E-state index contributed by atoms with van der Waals surface area (Å²) in [7, 11) is -3.95. The van der Waals surface area contributed by atoms with E-state index in [0.717, 1.165) is 0 Å². The summed E-state index contributed by atoms with van der Waals surface area (Å²) >= 11 is 0. The normalized spacial score (nSPS) is 13.2. The number of alkyl halides is 2. The summed E-state index contributed by atoms with van der Waals surface area (Å²) in [6.07, 6.45) is 3.41. The van der Waals surface area contributed by atoms with Gasteiger partial charge in [-0.2, -0.15) is 13.9 Å². The molecule has 126 valence electrons. The predicted octanol–water partition coefficient (Wildman–Crippen LogP) is 2.10. The number of halogens is 2. The highest BCUT2D eigenvalue weighted by atomic mass is 32.2. The topological polar surface area (TPSA) is 73.2 Å². The maximum atomic E-state index is 12.4. The van der Waals surface area contributed by atoms with Crippen molar-refractivity contribution in [1.29, 1.82) is 0 Å². The van der Waals surface area contributed by atoms with E-state index in [1.165, 1.54) is 24.3 Å². The highest BCUT2D eigenvalue weighted by molar-refractivity contribution is 7.89. The largest absolute Gasteiger partial charge is 0.433 e. The Hall–Kier alpha value is -2.00. The lowest BCUT2D eigenvalue weighted by Crippen LogP contribution is -2.30. The third kappa shape index (κ3) is 5.00. The molecular formula is C14H17F2N3O3S. The number of aromatic nitrogens is 2. The molecule has 1 N–H and O–H groups in total. The van der Waals surface area contributed by atoms with E-state index in [1.54, 1.807) is 23.1 Å². The fourth-order valence-electron chi connectivity index (χ4n) is 1.99. The summed E-state index contributed by atoms with van der Waals surface area (Å²) in [6.45, 7) is -0.563. The Bertz CT molecular complexity index is 721. The smallest absolute Gasteiger partial charge is 0.387 e. The minimum Gasteiger partial charge on any atom is -0.433 e. The van der Waals surface area contributed by atoms with Crippen LogP contribution in [0.5, 0.6) is 5.75 Å². The van der Waals surface area contributed by atoms with Crippen LogP contribution in [0.3, 0.4) is 0 Å². The lowest BCUT2D eigenvalue weighted by atomic mass is 10.2. The van der Waals surface area contributed by atoms with Crippen molar-refractivity contribution in [2.45, 2.75) is 25.0 Å². The number of hydrogen-bond donors (Lipinski definition) is 1. The fraction of sp³-hybridized carbons (Fsp3) is 0.357. The van der Waals surface area contributed by atoms with E-state index < -0.39 is 16.6 Å². The first-order valence-corrected chi connectivity index (χ1v) is 8.38. The van der Waals surface area contributed by atoms with Gasteiger partial charge in [0, 0.05) is 25.5 Å². The van der Waals surface area contributed by atoms with Crippen molar-refractivity contribution in [3.8, 4) is 5.75 Å². The first-order chi connectivity index (χ1) is 10.9. The molecule has 0 aliphatic rings. The lowest BCUT2D eigenvalue weighted by molar-refractivity contribution is -0.0517. The zero-order valence-electron chi connectivity index (χ0n) is 12.4. The number of nitrogens with one attached hydrogen (secondary N) is 1. The van der Waals surface area contributed by atoms with E-state index in [1.807, 2.05) is 6.92 Å². The van der Waals surface area contributed by atoms with Gasteiger partial charge in [0.25, 0.3) is 0 Å². The van der Waals surface area contributed by atoms with E-state index in [-0.39, 0.29) is 23.1 Å². The zero-order valence-corrected chi connectivity index (χ0v) is 13.2. The molecule has 0 unspecified atom stereocenters. The van der Waals surface area contributed by atoms with Gasteiger partial charge in [0.1, 0.15) is 10.6 Å². The monoisotopic (exact) mass is 345 g/mol. The summed E-state index contributed by atoms with van der Waals surface area (Å²) in [5, 5.41) is 4.04. The van der Waals surface area contributed by atoms with Crippen LogP contribution in [0.15, 0.2) is 47.6 Å². The number of hydrogen-bond acceptors (Lipinski definition) is 4. The zero-order chi connectivity index (χ0) is 16.9. The van der Waals surface area contributed by atoms with Crippen LogP contribution in [0.25, 0.3) is 0 Å². The minimum absolute atomic E-state index is 0.0344. The van der Waals surface area contributed by atoms with Crippen molar-refractivity contribution >= 4 is 10.0 Å². The van der Waals surface area contributed by atoms with Gasteiger partial charge in [-0.25, -0.2) is 13.1 Å². The number of benzene rings is 1. The van der Waals surface area contributed by atoms with Crippen molar-refractivity contribution in [2.75, 3.05) is 6.54 Å². The number of rotatable bonds is 8. The third-order valence-corrected chi connectivity index (χ3v) is 4.50. The standard InChI is InChI=1S/C14H17F2N3O3S/c1-11(10-19-8-4-7-17-19)9-18-23(20,21)13-6-3-2-5-12(13)22-14(15)16/h2-8,11,14,18H,9-10H2,1H3/t11-/m0/s1. The Kier molecular flexibility index (Phi) is 5.67. The summed E-state index contributed by atoms with van der Waals surface area (Å²) in [5.74, 6) is -0.414. The number of nitrogens with zero attached hydrogens (tertiary/aromatic N) is 2. The van der Waals surface area contributed by atoms with Crippen LogP contribution in [-0.2, 0) is 16.6 Å². The molecule has 0 aliphatic heterocycles. The van der Waals surface area contributed by atoms with Crippen LogP contribution in [0.1, 0.15) is 6.92 Å². The Balaban J connectivity index is 2.04. The molecule has 0 bridgehead atoms. The second kappa shape index (κ2) is 7.51. The molecular weight excluding hydrogens is 328 g/mol. The summed E-state index contributed by atoms with van der Waals surface area (Å²) in [5.41, 5.74) is 0. The average molecular weight is 345 g/mol. The third-order valence-electron chi connectivity index (χ3n) is 3.03. The fourth-order valence-corrected chi connectivity index (χ4v) is 3.29. The molecule has 2 rings (SSSR count). The van der Waals surface area contributed by atoms with Crippen molar-refractivity contribution in [1.82, 2.24) is 14.5 Å². The van der Waals surface area contributed by atoms with Crippen molar-refractivity contribution in [3.05, 3.63) is 42.7 Å². The molecule has 0 saturated carbocycles. The van der Waals surface area contributed by atoms with Crippen molar-refractivity contribution < 1.29 is 21.9 Å². The Morgan fingerprint density at radius 1 is 1.30 bits per heavy atom.